The number of nitrogens with zero attached hydrogens (tertiary/aromatic N) is 3. The van der Waals surface area contributed by atoms with Crippen molar-refractivity contribution >= 4 is 17.4 Å². The second-order valence-corrected chi connectivity index (χ2v) is 7.12. The van der Waals surface area contributed by atoms with Crippen LogP contribution in [0.15, 0.2) is 48.8 Å². The molecule has 1 atom stereocenters. The van der Waals surface area contributed by atoms with E-state index in [1.165, 1.54) is 0 Å². The number of amides is 1. The number of piperazine rings is 1. The van der Waals surface area contributed by atoms with Crippen LogP contribution in [-0.2, 0) is 16.0 Å². The van der Waals surface area contributed by atoms with Crippen molar-refractivity contribution in [3.63, 3.8) is 0 Å². The molecule has 28 heavy (non-hydrogen) atoms. The molecule has 0 bridgehead atoms. The zero-order chi connectivity index (χ0) is 19.9. The van der Waals surface area contributed by atoms with Gasteiger partial charge in [-0.25, -0.2) is 0 Å². The van der Waals surface area contributed by atoms with Crippen LogP contribution in [0, 0.1) is 0 Å². The summed E-state index contributed by atoms with van der Waals surface area (Å²) in [6.45, 7) is 6.35. The van der Waals surface area contributed by atoms with Gasteiger partial charge < -0.3 is 19.3 Å². The van der Waals surface area contributed by atoms with Gasteiger partial charge in [-0.05, 0) is 50.1 Å². The minimum atomic E-state index is -0.532. The van der Waals surface area contributed by atoms with Gasteiger partial charge in [0.05, 0.1) is 0 Å². The first-order valence-corrected chi connectivity index (χ1v) is 9.72. The van der Waals surface area contributed by atoms with E-state index in [0.29, 0.717) is 25.3 Å². The Bertz CT molecular complexity index is 784. The summed E-state index contributed by atoms with van der Waals surface area (Å²) < 4.78 is 5.84. The van der Waals surface area contributed by atoms with E-state index in [4.69, 9.17) is 4.74 Å². The lowest BCUT2D eigenvalue weighted by atomic mass is 10.1. The summed E-state index contributed by atoms with van der Waals surface area (Å²) in [5.41, 5.74) is 2.23. The number of carbonyl (C=O) groups is 2. The summed E-state index contributed by atoms with van der Waals surface area (Å²) in [7, 11) is 0. The van der Waals surface area contributed by atoms with Crippen molar-refractivity contribution in [3.05, 3.63) is 54.4 Å². The smallest absolute Gasteiger partial charge is 0.263 e. The monoisotopic (exact) mass is 381 g/mol. The number of benzene rings is 1. The molecule has 0 N–H and O–H groups in total. The lowest BCUT2D eigenvalue weighted by Gasteiger charge is -2.37. The Hall–Kier alpha value is -2.89. The second-order valence-electron chi connectivity index (χ2n) is 7.12. The highest BCUT2D eigenvalue weighted by molar-refractivity contribution is 5.81. The molecule has 0 aliphatic carbocycles. The largest absolute Gasteiger partial charge is 0.481 e. The zero-order valence-corrected chi connectivity index (χ0v) is 16.5. The predicted molar refractivity (Wildman–Crippen MR) is 109 cm³/mol. The van der Waals surface area contributed by atoms with E-state index in [2.05, 4.69) is 9.88 Å². The number of Topliss-reactive ketones (excluding diaryl/α,β-unsaturated/α-hetero) is 1. The summed E-state index contributed by atoms with van der Waals surface area (Å²) in [5, 5.41) is 0. The van der Waals surface area contributed by atoms with Crippen molar-refractivity contribution in [2.75, 3.05) is 31.1 Å². The van der Waals surface area contributed by atoms with Crippen molar-refractivity contribution in [2.45, 2.75) is 32.8 Å². The molecule has 0 spiro atoms. The Morgan fingerprint density at radius 1 is 1.04 bits per heavy atom. The second kappa shape index (κ2) is 9.35. The van der Waals surface area contributed by atoms with Gasteiger partial charge in [-0.2, -0.15) is 0 Å². The van der Waals surface area contributed by atoms with Gasteiger partial charge in [-0.1, -0.05) is 12.1 Å². The number of carbonyl (C=O) groups excluding carboxylic acids is 2. The first kappa shape index (κ1) is 19.9. The molecule has 3 rings (SSSR count). The summed E-state index contributed by atoms with van der Waals surface area (Å²) >= 11 is 0. The van der Waals surface area contributed by atoms with E-state index in [9.17, 15) is 9.59 Å². The quantitative estimate of drug-likeness (QED) is 0.738. The molecule has 1 aromatic heterocycles. The molecule has 1 aromatic carbocycles. The van der Waals surface area contributed by atoms with Crippen molar-refractivity contribution in [2.24, 2.45) is 0 Å². The molecule has 0 saturated carbocycles. The Labute approximate surface area is 166 Å². The minimum absolute atomic E-state index is 0.00929. The fourth-order valence-electron chi connectivity index (χ4n) is 3.31. The molecule has 6 heteroatoms. The molecule has 1 aliphatic heterocycles. The van der Waals surface area contributed by atoms with Crippen molar-refractivity contribution in [1.29, 1.82) is 0 Å². The van der Waals surface area contributed by atoms with Crippen molar-refractivity contribution in [3.8, 4) is 5.75 Å². The highest BCUT2D eigenvalue weighted by Crippen LogP contribution is 2.18. The van der Waals surface area contributed by atoms with E-state index >= 15 is 0 Å². The molecule has 6 nitrogen and oxygen atoms in total. The molecule has 1 aliphatic rings. The summed E-state index contributed by atoms with van der Waals surface area (Å²) in [4.78, 5) is 32.0. The molecule has 0 radical (unpaired) electrons. The highest BCUT2D eigenvalue weighted by atomic mass is 16.5. The molecule has 1 amide bonds. The van der Waals surface area contributed by atoms with Gasteiger partial charge in [0.2, 0.25) is 0 Å². The molecular weight excluding hydrogens is 354 g/mol. The number of anilines is 1. The number of pyridine rings is 1. The molecule has 148 valence electrons. The van der Waals surface area contributed by atoms with Crippen LogP contribution in [0.1, 0.15) is 25.8 Å². The molecule has 1 fully saturated rings. The predicted octanol–water partition coefficient (Wildman–Crippen LogP) is 2.72. The van der Waals surface area contributed by atoms with Gasteiger partial charge in [0, 0.05) is 50.7 Å². The van der Waals surface area contributed by atoms with Crippen molar-refractivity contribution in [1.82, 2.24) is 9.88 Å². The number of rotatable bonds is 7. The fraction of sp³-hybridized carbons (Fsp3) is 0.409. The van der Waals surface area contributed by atoms with E-state index in [1.54, 1.807) is 26.2 Å². The Balaban J connectivity index is 1.49. The van der Waals surface area contributed by atoms with E-state index < -0.39 is 6.10 Å². The van der Waals surface area contributed by atoms with Gasteiger partial charge in [0.1, 0.15) is 11.5 Å². The summed E-state index contributed by atoms with van der Waals surface area (Å²) in [6.07, 6.45) is 4.31. The zero-order valence-electron chi connectivity index (χ0n) is 16.5. The lowest BCUT2D eigenvalue weighted by molar-refractivity contribution is -0.138. The first-order valence-electron chi connectivity index (χ1n) is 9.72. The number of hydrogen-bond donors (Lipinski definition) is 0. The third-order valence-corrected chi connectivity index (χ3v) is 4.97. The standard InChI is InChI=1S/C22H27N3O3/c1-17(26)3-4-19-5-7-21(8-6-19)28-18(2)22(27)25-15-13-24(14-16-25)20-9-11-23-12-10-20/h5-12,18H,3-4,13-16H2,1-2H3. The highest BCUT2D eigenvalue weighted by Gasteiger charge is 2.26. The Morgan fingerprint density at radius 2 is 1.68 bits per heavy atom. The number of hydrogen-bond acceptors (Lipinski definition) is 5. The van der Waals surface area contributed by atoms with Crippen LogP contribution in [0.3, 0.4) is 0 Å². The molecule has 1 unspecified atom stereocenters. The molecular formula is C22H27N3O3. The first-order chi connectivity index (χ1) is 13.5. The third-order valence-electron chi connectivity index (χ3n) is 4.97. The van der Waals surface area contributed by atoms with E-state index in [-0.39, 0.29) is 11.7 Å². The molecule has 2 heterocycles. The van der Waals surface area contributed by atoms with E-state index in [1.807, 2.05) is 41.3 Å². The normalized spacial score (nSPS) is 15.2. The average Bonchev–Trinajstić information content (AvgIpc) is 2.73. The maximum absolute atomic E-state index is 12.7. The lowest BCUT2D eigenvalue weighted by Crippen LogP contribution is -2.52. The number of aromatic nitrogens is 1. The number of ether oxygens (including phenoxy) is 1. The van der Waals surface area contributed by atoms with Crippen LogP contribution in [0.4, 0.5) is 5.69 Å². The topological polar surface area (TPSA) is 62.7 Å². The Morgan fingerprint density at radius 3 is 2.29 bits per heavy atom. The Kier molecular flexibility index (Phi) is 6.63. The van der Waals surface area contributed by atoms with Crippen LogP contribution in [0.25, 0.3) is 0 Å². The van der Waals surface area contributed by atoms with Gasteiger partial charge >= 0.3 is 0 Å². The van der Waals surface area contributed by atoms with Crippen LogP contribution in [-0.4, -0.2) is 53.9 Å². The molecule has 1 saturated heterocycles. The molecule has 2 aromatic rings. The number of aryl methyl sites for hydroxylation is 1. The maximum atomic E-state index is 12.7. The number of ketones is 1. The van der Waals surface area contributed by atoms with Gasteiger partial charge in [-0.15, -0.1) is 0 Å². The van der Waals surface area contributed by atoms with Crippen LogP contribution in [0.2, 0.25) is 0 Å². The maximum Gasteiger partial charge on any atom is 0.263 e. The van der Waals surface area contributed by atoms with Crippen molar-refractivity contribution < 1.29 is 14.3 Å². The van der Waals surface area contributed by atoms with E-state index in [0.717, 1.165) is 30.8 Å². The summed E-state index contributed by atoms with van der Waals surface area (Å²) in [6, 6.07) is 11.6. The minimum Gasteiger partial charge on any atom is -0.481 e. The van der Waals surface area contributed by atoms with Gasteiger partial charge in [0.25, 0.3) is 5.91 Å². The van der Waals surface area contributed by atoms with Gasteiger partial charge in [0.15, 0.2) is 6.10 Å². The van der Waals surface area contributed by atoms with Crippen LogP contribution >= 0.6 is 0 Å². The average molecular weight is 381 g/mol. The SMILES string of the molecule is CC(=O)CCc1ccc(OC(C)C(=O)N2CCN(c3ccncc3)CC2)cc1. The van der Waals surface area contributed by atoms with Crippen LogP contribution in [0.5, 0.6) is 5.75 Å². The third kappa shape index (κ3) is 5.31. The van der Waals surface area contributed by atoms with Gasteiger partial charge in [-0.3, -0.25) is 9.78 Å². The van der Waals surface area contributed by atoms with Crippen LogP contribution < -0.4 is 9.64 Å². The fourth-order valence-corrected chi connectivity index (χ4v) is 3.31. The summed E-state index contributed by atoms with van der Waals surface area (Å²) in [5.74, 6) is 0.862.